The average molecular weight is 319 g/mol. The molecule has 0 aliphatic heterocycles. The van der Waals surface area contributed by atoms with Gasteiger partial charge in [0.05, 0.1) is 6.26 Å². The SMILES string of the molecule is CS(=O)(=O)Nc1ccc(Oc2cccc3ccccc23)s1. The molecule has 0 saturated heterocycles. The predicted octanol–water partition coefficient (Wildman–Crippen LogP) is 4.07. The molecule has 0 saturated carbocycles. The van der Waals surface area contributed by atoms with Crippen molar-refractivity contribution >= 4 is 37.1 Å². The fourth-order valence-corrected chi connectivity index (χ4v) is 3.68. The topological polar surface area (TPSA) is 55.4 Å². The zero-order chi connectivity index (χ0) is 14.9. The van der Waals surface area contributed by atoms with Crippen molar-refractivity contribution in [2.45, 2.75) is 0 Å². The van der Waals surface area contributed by atoms with Crippen LogP contribution < -0.4 is 9.46 Å². The van der Waals surface area contributed by atoms with Crippen molar-refractivity contribution in [2.75, 3.05) is 11.0 Å². The molecule has 1 aromatic heterocycles. The van der Waals surface area contributed by atoms with Gasteiger partial charge in [0.15, 0.2) is 5.06 Å². The molecule has 0 spiro atoms. The molecule has 0 bridgehead atoms. The summed E-state index contributed by atoms with van der Waals surface area (Å²) < 4.78 is 30.7. The highest BCUT2D eigenvalue weighted by Crippen LogP contribution is 2.35. The van der Waals surface area contributed by atoms with Crippen molar-refractivity contribution in [2.24, 2.45) is 0 Å². The molecule has 0 atom stereocenters. The first-order chi connectivity index (χ1) is 10.0. The van der Waals surface area contributed by atoms with Gasteiger partial charge in [-0.25, -0.2) is 8.42 Å². The second-order valence-electron chi connectivity index (χ2n) is 4.57. The van der Waals surface area contributed by atoms with Gasteiger partial charge in [0.1, 0.15) is 10.8 Å². The van der Waals surface area contributed by atoms with Crippen LogP contribution in [0.5, 0.6) is 10.8 Å². The number of rotatable bonds is 4. The van der Waals surface area contributed by atoms with E-state index in [1.165, 1.54) is 11.3 Å². The summed E-state index contributed by atoms with van der Waals surface area (Å²) in [5, 5.41) is 3.29. The monoisotopic (exact) mass is 319 g/mol. The third-order valence-electron chi connectivity index (χ3n) is 2.83. The Balaban J connectivity index is 1.89. The maximum absolute atomic E-state index is 11.2. The molecule has 21 heavy (non-hydrogen) atoms. The molecule has 3 aromatic rings. The lowest BCUT2D eigenvalue weighted by Gasteiger charge is -2.06. The number of thiophene rings is 1. The number of hydrogen-bond acceptors (Lipinski definition) is 4. The van der Waals surface area contributed by atoms with Gasteiger partial charge < -0.3 is 4.74 Å². The summed E-state index contributed by atoms with van der Waals surface area (Å²) in [5.74, 6) is 0.751. The first kappa shape index (κ1) is 13.9. The van der Waals surface area contributed by atoms with Crippen molar-refractivity contribution in [3.8, 4) is 10.8 Å². The van der Waals surface area contributed by atoms with E-state index >= 15 is 0 Å². The molecule has 3 rings (SSSR count). The van der Waals surface area contributed by atoms with Crippen LogP contribution in [0.25, 0.3) is 10.8 Å². The fourth-order valence-electron chi connectivity index (χ4n) is 2.01. The maximum atomic E-state index is 11.2. The van der Waals surface area contributed by atoms with E-state index in [0.717, 1.165) is 22.8 Å². The van der Waals surface area contributed by atoms with E-state index < -0.39 is 10.0 Å². The number of fused-ring (bicyclic) bond motifs is 1. The van der Waals surface area contributed by atoms with Crippen LogP contribution in [0, 0.1) is 0 Å². The number of nitrogens with one attached hydrogen (secondary N) is 1. The van der Waals surface area contributed by atoms with Crippen molar-refractivity contribution in [3.05, 3.63) is 54.6 Å². The third-order valence-corrected chi connectivity index (χ3v) is 4.43. The first-order valence-corrected chi connectivity index (χ1v) is 8.95. The average Bonchev–Trinajstić information content (AvgIpc) is 2.84. The lowest BCUT2D eigenvalue weighted by Crippen LogP contribution is -2.07. The fraction of sp³-hybridized carbons (Fsp3) is 0.0667. The van der Waals surface area contributed by atoms with Gasteiger partial charge in [-0.1, -0.05) is 47.7 Å². The number of hydrogen-bond donors (Lipinski definition) is 1. The van der Waals surface area contributed by atoms with Gasteiger partial charge >= 0.3 is 0 Å². The zero-order valence-electron chi connectivity index (χ0n) is 11.2. The van der Waals surface area contributed by atoms with E-state index in [-0.39, 0.29) is 0 Å². The van der Waals surface area contributed by atoms with Crippen LogP contribution in [0.4, 0.5) is 5.00 Å². The molecule has 0 fully saturated rings. The summed E-state index contributed by atoms with van der Waals surface area (Å²) >= 11 is 1.25. The van der Waals surface area contributed by atoms with E-state index in [0.29, 0.717) is 10.1 Å². The molecule has 0 radical (unpaired) electrons. The lowest BCUT2D eigenvalue weighted by atomic mass is 10.1. The Labute approximate surface area is 127 Å². The minimum atomic E-state index is -3.27. The molecule has 1 heterocycles. The summed E-state index contributed by atoms with van der Waals surface area (Å²) in [4.78, 5) is 0. The van der Waals surface area contributed by atoms with Gasteiger partial charge in [-0.05, 0) is 23.6 Å². The molecule has 0 aliphatic rings. The minimum Gasteiger partial charge on any atom is -0.446 e. The Kier molecular flexibility index (Phi) is 3.57. The molecular weight excluding hydrogens is 306 g/mol. The van der Waals surface area contributed by atoms with Crippen LogP contribution in [0.2, 0.25) is 0 Å². The molecule has 108 valence electrons. The Morgan fingerprint density at radius 2 is 1.76 bits per heavy atom. The number of anilines is 1. The second kappa shape index (κ2) is 5.38. The standard InChI is InChI=1S/C15H13NO3S2/c1-21(17,18)16-14-9-10-15(20-14)19-13-8-4-6-11-5-2-3-7-12(11)13/h2-10,16H,1H3. The summed E-state index contributed by atoms with van der Waals surface area (Å²) in [7, 11) is -3.27. The summed E-state index contributed by atoms with van der Waals surface area (Å²) in [5.41, 5.74) is 0. The summed E-state index contributed by atoms with van der Waals surface area (Å²) in [6, 6.07) is 17.2. The van der Waals surface area contributed by atoms with Gasteiger partial charge in [0.25, 0.3) is 0 Å². The minimum absolute atomic E-state index is 0.535. The molecule has 4 nitrogen and oxygen atoms in total. The first-order valence-electron chi connectivity index (χ1n) is 6.24. The highest BCUT2D eigenvalue weighted by Gasteiger charge is 2.08. The third kappa shape index (κ3) is 3.34. The zero-order valence-corrected chi connectivity index (χ0v) is 12.9. The van der Waals surface area contributed by atoms with Crippen LogP contribution in [0.1, 0.15) is 0 Å². The van der Waals surface area contributed by atoms with E-state index in [9.17, 15) is 8.42 Å². The molecule has 0 unspecified atom stereocenters. The second-order valence-corrected chi connectivity index (χ2v) is 7.37. The summed E-state index contributed by atoms with van der Waals surface area (Å²) in [6.45, 7) is 0. The molecular formula is C15H13NO3S2. The number of ether oxygens (including phenoxy) is 1. The summed E-state index contributed by atoms with van der Waals surface area (Å²) in [6.07, 6.45) is 1.12. The maximum Gasteiger partial charge on any atom is 0.230 e. The van der Waals surface area contributed by atoms with Crippen LogP contribution in [0.15, 0.2) is 54.6 Å². The Morgan fingerprint density at radius 3 is 2.57 bits per heavy atom. The van der Waals surface area contributed by atoms with Crippen LogP contribution >= 0.6 is 11.3 Å². The highest BCUT2D eigenvalue weighted by atomic mass is 32.2. The number of benzene rings is 2. The van der Waals surface area contributed by atoms with Crippen LogP contribution in [-0.4, -0.2) is 14.7 Å². The van der Waals surface area contributed by atoms with Crippen molar-refractivity contribution in [1.82, 2.24) is 0 Å². The van der Waals surface area contributed by atoms with Crippen LogP contribution in [-0.2, 0) is 10.0 Å². The molecule has 2 aromatic carbocycles. The van der Waals surface area contributed by atoms with E-state index in [4.69, 9.17) is 4.74 Å². The van der Waals surface area contributed by atoms with Gasteiger partial charge in [-0.2, -0.15) is 0 Å². The molecule has 0 amide bonds. The van der Waals surface area contributed by atoms with E-state index in [2.05, 4.69) is 4.72 Å². The quantitative estimate of drug-likeness (QED) is 0.789. The van der Waals surface area contributed by atoms with Gasteiger partial charge in [0.2, 0.25) is 10.0 Å². The van der Waals surface area contributed by atoms with Gasteiger partial charge in [-0.15, -0.1) is 0 Å². The Bertz CT molecular complexity index is 879. The van der Waals surface area contributed by atoms with Gasteiger partial charge in [0, 0.05) is 5.39 Å². The van der Waals surface area contributed by atoms with Crippen molar-refractivity contribution in [3.63, 3.8) is 0 Å². The van der Waals surface area contributed by atoms with Gasteiger partial charge in [-0.3, -0.25) is 4.72 Å². The van der Waals surface area contributed by atoms with Crippen LogP contribution in [0.3, 0.4) is 0 Å². The lowest BCUT2D eigenvalue weighted by molar-refractivity contribution is 0.502. The Hall–Kier alpha value is -2.05. The molecule has 0 aliphatic carbocycles. The van der Waals surface area contributed by atoms with E-state index in [1.807, 2.05) is 42.5 Å². The highest BCUT2D eigenvalue weighted by molar-refractivity contribution is 7.92. The molecule has 6 heteroatoms. The molecule has 1 N–H and O–H groups in total. The largest absolute Gasteiger partial charge is 0.446 e. The number of sulfonamides is 1. The van der Waals surface area contributed by atoms with Crippen molar-refractivity contribution < 1.29 is 13.2 Å². The normalized spacial score (nSPS) is 11.5. The smallest absolute Gasteiger partial charge is 0.230 e. The Morgan fingerprint density at radius 1 is 1.00 bits per heavy atom. The van der Waals surface area contributed by atoms with E-state index in [1.54, 1.807) is 12.1 Å². The predicted molar refractivity (Wildman–Crippen MR) is 86.8 cm³/mol. The van der Waals surface area contributed by atoms with Crippen molar-refractivity contribution in [1.29, 1.82) is 0 Å².